The Bertz CT molecular complexity index is 1190. The first kappa shape index (κ1) is 22.4. The minimum atomic E-state index is -0.481. The van der Waals surface area contributed by atoms with Crippen LogP contribution in [0.15, 0.2) is 36.5 Å². The van der Waals surface area contributed by atoms with Crippen LogP contribution in [0.4, 0.5) is 17.3 Å². The normalized spacial score (nSPS) is 17.0. The number of hydrogen-bond donors (Lipinski definition) is 3. The summed E-state index contributed by atoms with van der Waals surface area (Å²) in [7, 11) is 2.05. The standard InChI is InChI=1S/C24H29BN6O3/c25-17-9-16-14-28-24(30-22(16)21(12-17)34-20-1-3-27-4-2-20)29-18-10-15(23(26)32)11-19(13-18)31-5-7-33-8-6-31/h9-14,20,27H,1-8,25H2,(H2,26,32)(H,28,29,30). The second-order valence-corrected chi connectivity index (χ2v) is 8.82. The molecular weight excluding hydrogens is 431 g/mol. The third-order valence-electron chi connectivity index (χ3n) is 6.21. The highest BCUT2D eigenvalue weighted by molar-refractivity contribution is 6.33. The van der Waals surface area contributed by atoms with Crippen LogP contribution in [0.5, 0.6) is 5.75 Å². The van der Waals surface area contributed by atoms with Crippen molar-refractivity contribution < 1.29 is 14.3 Å². The van der Waals surface area contributed by atoms with Crippen molar-refractivity contribution >= 4 is 47.4 Å². The number of hydrogen-bond acceptors (Lipinski definition) is 8. The number of benzene rings is 2. The van der Waals surface area contributed by atoms with Crippen LogP contribution >= 0.6 is 0 Å². The molecule has 0 saturated carbocycles. The van der Waals surface area contributed by atoms with Crippen LogP contribution < -0.4 is 31.5 Å². The molecule has 2 fully saturated rings. The summed E-state index contributed by atoms with van der Waals surface area (Å²) in [5.74, 6) is 0.721. The van der Waals surface area contributed by atoms with Crippen molar-refractivity contribution in [3.8, 4) is 5.75 Å². The first-order chi connectivity index (χ1) is 16.5. The van der Waals surface area contributed by atoms with E-state index < -0.39 is 5.91 Å². The van der Waals surface area contributed by atoms with E-state index in [1.54, 1.807) is 12.3 Å². The summed E-state index contributed by atoms with van der Waals surface area (Å²) >= 11 is 0. The number of fused-ring (bicyclic) bond motifs is 1. The van der Waals surface area contributed by atoms with Crippen LogP contribution in [0, 0.1) is 0 Å². The van der Waals surface area contributed by atoms with E-state index in [0.29, 0.717) is 30.4 Å². The van der Waals surface area contributed by atoms with Crippen molar-refractivity contribution in [3.05, 3.63) is 42.1 Å². The Labute approximate surface area is 199 Å². The van der Waals surface area contributed by atoms with Gasteiger partial charge in [-0.05, 0) is 50.2 Å². The number of rotatable bonds is 6. The number of nitrogens with one attached hydrogen (secondary N) is 2. The maximum absolute atomic E-state index is 12.0. The molecule has 176 valence electrons. The van der Waals surface area contributed by atoms with E-state index in [-0.39, 0.29) is 6.10 Å². The summed E-state index contributed by atoms with van der Waals surface area (Å²) in [6, 6.07) is 9.60. The van der Waals surface area contributed by atoms with Gasteiger partial charge in [-0.15, -0.1) is 0 Å². The predicted octanol–water partition coefficient (Wildman–Crippen LogP) is 0.698. The van der Waals surface area contributed by atoms with E-state index in [0.717, 1.165) is 66.8 Å². The van der Waals surface area contributed by atoms with Gasteiger partial charge in [-0.1, -0.05) is 11.5 Å². The highest BCUT2D eigenvalue weighted by Crippen LogP contribution is 2.28. The number of amides is 1. The zero-order valence-electron chi connectivity index (χ0n) is 19.3. The van der Waals surface area contributed by atoms with Crippen molar-refractivity contribution in [2.45, 2.75) is 18.9 Å². The quantitative estimate of drug-likeness (QED) is 0.461. The molecule has 2 aromatic carbocycles. The number of aromatic nitrogens is 2. The fraction of sp³-hybridized carbons (Fsp3) is 0.375. The summed E-state index contributed by atoms with van der Waals surface area (Å²) in [5.41, 5.74) is 9.51. The van der Waals surface area contributed by atoms with Crippen molar-refractivity contribution in [1.29, 1.82) is 0 Å². The average Bonchev–Trinajstić information content (AvgIpc) is 2.85. The fourth-order valence-electron chi connectivity index (χ4n) is 4.46. The van der Waals surface area contributed by atoms with Gasteiger partial charge < -0.3 is 30.7 Å². The number of primary amides is 1. The number of anilines is 3. The Hall–Kier alpha value is -3.37. The Morgan fingerprint density at radius 2 is 1.97 bits per heavy atom. The van der Waals surface area contributed by atoms with Gasteiger partial charge in [-0.2, -0.15) is 0 Å². The maximum Gasteiger partial charge on any atom is 0.248 e. The molecule has 0 bridgehead atoms. The van der Waals surface area contributed by atoms with Gasteiger partial charge in [0, 0.05) is 41.6 Å². The second-order valence-electron chi connectivity index (χ2n) is 8.82. The second kappa shape index (κ2) is 9.86. The smallest absolute Gasteiger partial charge is 0.248 e. The molecule has 4 N–H and O–H groups in total. The molecule has 2 aliphatic heterocycles. The topological polar surface area (TPSA) is 115 Å². The number of morpholine rings is 1. The molecule has 10 heteroatoms. The third-order valence-corrected chi connectivity index (χ3v) is 6.21. The van der Waals surface area contributed by atoms with Gasteiger partial charge in [0.2, 0.25) is 11.9 Å². The van der Waals surface area contributed by atoms with Crippen molar-refractivity contribution in [2.24, 2.45) is 5.73 Å². The summed E-state index contributed by atoms with van der Waals surface area (Å²) in [6.07, 6.45) is 3.90. The van der Waals surface area contributed by atoms with Crippen LogP contribution in [0.3, 0.4) is 0 Å². The minimum Gasteiger partial charge on any atom is -0.488 e. The highest BCUT2D eigenvalue weighted by atomic mass is 16.5. The molecule has 0 radical (unpaired) electrons. The molecule has 9 nitrogen and oxygen atoms in total. The van der Waals surface area contributed by atoms with Crippen molar-refractivity contribution in [3.63, 3.8) is 0 Å². The average molecular weight is 460 g/mol. The van der Waals surface area contributed by atoms with E-state index >= 15 is 0 Å². The molecule has 2 aliphatic rings. The molecule has 2 saturated heterocycles. The zero-order chi connectivity index (χ0) is 23.5. The number of carbonyl (C=O) groups excluding carboxylic acids is 1. The molecule has 5 rings (SSSR count). The molecule has 1 aromatic heterocycles. The van der Waals surface area contributed by atoms with Gasteiger partial charge >= 0.3 is 0 Å². The van der Waals surface area contributed by atoms with Crippen molar-refractivity contribution in [2.75, 3.05) is 49.6 Å². The number of nitrogens with zero attached hydrogens (tertiary/aromatic N) is 3. The highest BCUT2D eigenvalue weighted by Gasteiger charge is 2.18. The number of carbonyl (C=O) groups is 1. The summed E-state index contributed by atoms with van der Waals surface area (Å²) in [5, 5.41) is 7.56. The summed E-state index contributed by atoms with van der Waals surface area (Å²) in [6.45, 7) is 4.72. The monoisotopic (exact) mass is 460 g/mol. The van der Waals surface area contributed by atoms with Gasteiger partial charge in [0.15, 0.2) is 0 Å². The maximum atomic E-state index is 12.0. The van der Waals surface area contributed by atoms with Gasteiger partial charge in [0.1, 0.15) is 25.2 Å². The lowest BCUT2D eigenvalue weighted by Gasteiger charge is -2.29. The van der Waals surface area contributed by atoms with Gasteiger partial charge in [0.05, 0.1) is 13.2 Å². The van der Waals surface area contributed by atoms with Crippen LogP contribution in [0.25, 0.3) is 10.9 Å². The lowest BCUT2D eigenvalue weighted by atomic mass is 9.94. The molecule has 0 unspecified atom stereocenters. The lowest BCUT2D eigenvalue weighted by Crippen LogP contribution is -2.36. The largest absolute Gasteiger partial charge is 0.488 e. The molecule has 0 spiro atoms. The Morgan fingerprint density at radius 3 is 2.74 bits per heavy atom. The minimum absolute atomic E-state index is 0.168. The molecule has 3 aromatic rings. The van der Waals surface area contributed by atoms with Gasteiger partial charge in [0.25, 0.3) is 0 Å². The van der Waals surface area contributed by atoms with Crippen LogP contribution in [0.2, 0.25) is 0 Å². The van der Waals surface area contributed by atoms with Gasteiger partial charge in [-0.3, -0.25) is 4.79 Å². The number of ether oxygens (including phenoxy) is 2. The van der Waals surface area contributed by atoms with Crippen molar-refractivity contribution in [1.82, 2.24) is 15.3 Å². The summed E-state index contributed by atoms with van der Waals surface area (Å²) < 4.78 is 11.8. The Kier molecular flexibility index (Phi) is 6.51. The van der Waals surface area contributed by atoms with E-state index in [9.17, 15) is 4.79 Å². The number of nitrogens with two attached hydrogens (primary N) is 1. The lowest BCUT2D eigenvalue weighted by molar-refractivity contribution is 0.100. The predicted molar refractivity (Wildman–Crippen MR) is 136 cm³/mol. The molecule has 0 atom stereocenters. The van der Waals surface area contributed by atoms with E-state index in [2.05, 4.69) is 26.6 Å². The van der Waals surface area contributed by atoms with Crippen LogP contribution in [-0.4, -0.2) is 69.2 Å². The third kappa shape index (κ3) is 5.08. The first-order valence-electron chi connectivity index (χ1n) is 11.7. The molecule has 0 aliphatic carbocycles. The fourth-order valence-corrected chi connectivity index (χ4v) is 4.46. The van der Waals surface area contributed by atoms with E-state index in [1.165, 1.54) is 0 Å². The molecule has 1 amide bonds. The molecular formula is C24H29BN6O3. The summed E-state index contributed by atoms with van der Waals surface area (Å²) in [4.78, 5) is 23.4. The zero-order valence-corrected chi connectivity index (χ0v) is 19.3. The van der Waals surface area contributed by atoms with Crippen LogP contribution in [-0.2, 0) is 4.74 Å². The van der Waals surface area contributed by atoms with Gasteiger partial charge in [-0.25, -0.2) is 9.97 Å². The number of piperidine rings is 1. The molecule has 3 heterocycles. The molecule has 34 heavy (non-hydrogen) atoms. The van der Waals surface area contributed by atoms with E-state index in [4.69, 9.17) is 20.2 Å². The van der Waals surface area contributed by atoms with Crippen LogP contribution in [0.1, 0.15) is 23.2 Å². The Balaban J connectivity index is 1.46. The SMILES string of the molecule is Bc1cc(OC2CCNCC2)c2nc(Nc3cc(C(N)=O)cc(N4CCOCC4)c3)ncc2c1. The first-order valence-corrected chi connectivity index (χ1v) is 11.7. The Morgan fingerprint density at radius 1 is 1.18 bits per heavy atom. The van der Waals surface area contributed by atoms with E-state index in [1.807, 2.05) is 26.0 Å².